The van der Waals surface area contributed by atoms with Crippen LogP contribution in [-0.4, -0.2) is 29.7 Å². The SMILES string of the molecule is O=[N+]([O-])c1cc(Br)cnc1NOCC1CCOC1. The first-order valence-corrected chi connectivity index (χ1v) is 6.21. The number of pyridine rings is 1. The molecule has 0 amide bonds. The lowest BCUT2D eigenvalue weighted by Gasteiger charge is -2.09. The lowest BCUT2D eigenvalue weighted by molar-refractivity contribution is -0.384. The number of hydrogen-bond acceptors (Lipinski definition) is 6. The van der Waals surface area contributed by atoms with Crippen LogP contribution in [0.5, 0.6) is 0 Å². The number of anilines is 1. The van der Waals surface area contributed by atoms with E-state index in [4.69, 9.17) is 9.57 Å². The highest BCUT2D eigenvalue weighted by Gasteiger charge is 2.18. The van der Waals surface area contributed by atoms with E-state index in [0.29, 0.717) is 23.6 Å². The van der Waals surface area contributed by atoms with Crippen LogP contribution in [0.1, 0.15) is 6.42 Å². The minimum absolute atomic E-state index is 0.0992. The minimum atomic E-state index is -0.512. The van der Waals surface area contributed by atoms with E-state index in [0.717, 1.165) is 13.0 Å². The molecule has 1 aliphatic heterocycles. The van der Waals surface area contributed by atoms with E-state index in [1.54, 1.807) is 0 Å². The number of nitrogens with one attached hydrogen (secondary N) is 1. The van der Waals surface area contributed by atoms with Crippen molar-refractivity contribution in [3.63, 3.8) is 0 Å². The lowest BCUT2D eigenvalue weighted by Crippen LogP contribution is -2.14. The molecule has 0 bridgehead atoms. The van der Waals surface area contributed by atoms with Crippen LogP contribution in [0.25, 0.3) is 0 Å². The van der Waals surface area contributed by atoms with E-state index < -0.39 is 4.92 Å². The van der Waals surface area contributed by atoms with Crippen molar-refractivity contribution in [1.82, 2.24) is 4.98 Å². The molecule has 18 heavy (non-hydrogen) atoms. The average molecular weight is 318 g/mol. The number of ether oxygens (including phenoxy) is 1. The molecule has 1 saturated heterocycles. The zero-order chi connectivity index (χ0) is 13.0. The Kier molecular flexibility index (Phi) is 4.45. The van der Waals surface area contributed by atoms with Crippen LogP contribution in [-0.2, 0) is 9.57 Å². The van der Waals surface area contributed by atoms with Gasteiger partial charge in [0.2, 0.25) is 5.82 Å². The van der Waals surface area contributed by atoms with E-state index in [1.165, 1.54) is 12.3 Å². The predicted octanol–water partition coefficient (Wildman–Crippen LogP) is 2.13. The second-order valence-corrected chi connectivity index (χ2v) is 4.84. The van der Waals surface area contributed by atoms with Gasteiger partial charge in [-0.05, 0) is 22.4 Å². The van der Waals surface area contributed by atoms with Gasteiger partial charge in [0, 0.05) is 29.3 Å². The van der Waals surface area contributed by atoms with Crippen molar-refractivity contribution >= 4 is 27.4 Å². The van der Waals surface area contributed by atoms with Gasteiger partial charge in [0.1, 0.15) is 0 Å². The van der Waals surface area contributed by atoms with Crippen molar-refractivity contribution in [3.8, 4) is 0 Å². The lowest BCUT2D eigenvalue weighted by atomic mass is 10.1. The normalized spacial score (nSPS) is 18.8. The van der Waals surface area contributed by atoms with Crippen molar-refractivity contribution in [2.75, 3.05) is 25.3 Å². The maximum absolute atomic E-state index is 10.8. The largest absolute Gasteiger partial charge is 0.381 e. The van der Waals surface area contributed by atoms with Crippen molar-refractivity contribution in [2.24, 2.45) is 5.92 Å². The second kappa shape index (κ2) is 6.07. The van der Waals surface area contributed by atoms with Gasteiger partial charge in [-0.3, -0.25) is 15.0 Å². The number of nitrogens with zero attached hydrogens (tertiary/aromatic N) is 2. The molecule has 0 spiro atoms. The predicted molar refractivity (Wildman–Crippen MR) is 67.1 cm³/mol. The Bertz CT molecular complexity index is 437. The van der Waals surface area contributed by atoms with Crippen LogP contribution in [0.15, 0.2) is 16.7 Å². The van der Waals surface area contributed by atoms with Gasteiger partial charge in [-0.15, -0.1) is 0 Å². The number of rotatable bonds is 5. The molecule has 1 fully saturated rings. The Hall–Kier alpha value is -1.25. The van der Waals surface area contributed by atoms with Crippen LogP contribution < -0.4 is 5.48 Å². The highest BCUT2D eigenvalue weighted by molar-refractivity contribution is 9.10. The smallest absolute Gasteiger partial charge is 0.314 e. The third-order valence-electron chi connectivity index (χ3n) is 2.54. The van der Waals surface area contributed by atoms with Crippen molar-refractivity contribution in [1.29, 1.82) is 0 Å². The monoisotopic (exact) mass is 317 g/mol. The molecule has 0 aromatic carbocycles. The summed E-state index contributed by atoms with van der Waals surface area (Å²) < 4.78 is 5.75. The first-order valence-electron chi connectivity index (χ1n) is 5.42. The Morgan fingerprint density at radius 3 is 3.22 bits per heavy atom. The maximum Gasteiger partial charge on any atom is 0.314 e. The Morgan fingerprint density at radius 2 is 2.56 bits per heavy atom. The fourth-order valence-electron chi connectivity index (χ4n) is 1.59. The number of aromatic nitrogens is 1. The summed E-state index contributed by atoms with van der Waals surface area (Å²) in [4.78, 5) is 19.4. The minimum Gasteiger partial charge on any atom is -0.381 e. The van der Waals surface area contributed by atoms with Gasteiger partial charge < -0.3 is 4.74 Å². The zero-order valence-corrected chi connectivity index (χ0v) is 11.1. The summed E-state index contributed by atoms with van der Waals surface area (Å²) in [7, 11) is 0. The van der Waals surface area contributed by atoms with Crippen molar-refractivity contribution < 1.29 is 14.5 Å². The standard InChI is InChI=1S/C10H12BrN3O4/c11-8-3-9(14(15)16)10(12-4-8)13-18-6-7-1-2-17-5-7/h3-4,7H,1-2,5-6H2,(H,12,13). The fraction of sp³-hybridized carbons (Fsp3) is 0.500. The second-order valence-electron chi connectivity index (χ2n) is 3.92. The summed E-state index contributed by atoms with van der Waals surface area (Å²) in [6.45, 7) is 1.84. The first-order chi connectivity index (χ1) is 8.66. The summed E-state index contributed by atoms with van der Waals surface area (Å²) in [5.74, 6) is 0.425. The molecule has 1 atom stereocenters. The Balaban J connectivity index is 1.93. The van der Waals surface area contributed by atoms with Crippen molar-refractivity contribution in [2.45, 2.75) is 6.42 Å². The topological polar surface area (TPSA) is 86.5 Å². The van der Waals surface area contributed by atoms with Gasteiger partial charge >= 0.3 is 5.69 Å². The molecule has 2 heterocycles. The van der Waals surface area contributed by atoms with Crippen molar-refractivity contribution in [3.05, 3.63) is 26.9 Å². The third kappa shape index (κ3) is 3.37. The van der Waals surface area contributed by atoms with Gasteiger partial charge in [-0.2, -0.15) is 0 Å². The van der Waals surface area contributed by atoms with Gasteiger partial charge in [-0.1, -0.05) is 0 Å². The molecule has 0 radical (unpaired) electrons. The van der Waals surface area contributed by atoms with Crippen LogP contribution in [0, 0.1) is 16.0 Å². The van der Waals surface area contributed by atoms with Crippen LogP contribution >= 0.6 is 15.9 Å². The third-order valence-corrected chi connectivity index (χ3v) is 2.98. The molecular weight excluding hydrogens is 306 g/mol. The molecule has 1 aromatic heterocycles. The molecule has 1 N–H and O–H groups in total. The average Bonchev–Trinajstić information content (AvgIpc) is 2.84. The molecule has 1 unspecified atom stereocenters. The van der Waals surface area contributed by atoms with E-state index in [-0.39, 0.29) is 11.5 Å². The molecular formula is C10H12BrN3O4. The quantitative estimate of drug-likeness (QED) is 0.661. The summed E-state index contributed by atoms with van der Waals surface area (Å²) in [5, 5.41) is 10.8. The fourth-order valence-corrected chi connectivity index (χ4v) is 1.91. The molecule has 1 aromatic rings. The van der Waals surface area contributed by atoms with Gasteiger partial charge in [-0.25, -0.2) is 10.5 Å². The van der Waals surface area contributed by atoms with E-state index in [1.807, 2.05) is 0 Å². The summed E-state index contributed by atoms with van der Waals surface area (Å²) >= 11 is 3.13. The Labute approximate surface area is 112 Å². The number of halogens is 1. The van der Waals surface area contributed by atoms with Gasteiger partial charge in [0.05, 0.1) is 18.1 Å². The molecule has 98 valence electrons. The van der Waals surface area contributed by atoms with Gasteiger partial charge in [0.25, 0.3) is 0 Å². The Morgan fingerprint density at radius 1 is 1.72 bits per heavy atom. The molecule has 0 aliphatic carbocycles. The highest BCUT2D eigenvalue weighted by Crippen LogP contribution is 2.25. The molecule has 8 heteroatoms. The molecule has 1 aliphatic rings. The van der Waals surface area contributed by atoms with E-state index >= 15 is 0 Å². The summed E-state index contributed by atoms with van der Waals surface area (Å²) in [5.41, 5.74) is 2.39. The van der Waals surface area contributed by atoms with E-state index in [9.17, 15) is 10.1 Å². The van der Waals surface area contributed by atoms with Crippen LogP contribution in [0.4, 0.5) is 11.5 Å². The summed E-state index contributed by atoms with van der Waals surface area (Å²) in [6.07, 6.45) is 2.41. The van der Waals surface area contributed by atoms with Crippen LogP contribution in [0.2, 0.25) is 0 Å². The zero-order valence-electron chi connectivity index (χ0n) is 9.47. The number of hydrogen-bond donors (Lipinski definition) is 1. The first kappa shape index (κ1) is 13.2. The highest BCUT2D eigenvalue weighted by atomic mass is 79.9. The molecule has 2 rings (SSSR count). The maximum atomic E-state index is 10.8. The molecule has 7 nitrogen and oxygen atoms in total. The van der Waals surface area contributed by atoms with Gasteiger partial charge in [0.15, 0.2) is 0 Å². The van der Waals surface area contributed by atoms with E-state index in [2.05, 4.69) is 26.4 Å². The molecule has 0 saturated carbocycles. The number of nitro groups is 1. The summed E-state index contributed by atoms with van der Waals surface area (Å²) in [6, 6.07) is 1.37. The van der Waals surface area contributed by atoms with Crippen LogP contribution in [0.3, 0.4) is 0 Å².